The number of hydrogen-bond acceptors (Lipinski definition) is 4. The molecule has 2 aliphatic rings. The van der Waals surface area contributed by atoms with Crippen LogP contribution in [0.15, 0.2) is 60.8 Å². The molecule has 3 heterocycles. The number of hydrogen-bond donors (Lipinski definition) is 1. The molecule has 160 valence electrons. The Morgan fingerprint density at radius 2 is 1.97 bits per heavy atom. The maximum absolute atomic E-state index is 13.5. The highest BCUT2D eigenvalue weighted by atomic mass is 19.1. The largest absolute Gasteiger partial charge is 0.487 e. The molecule has 0 radical (unpaired) electrons. The van der Waals surface area contributed by atoms with Crippen molar-refractivity contribution in [3.63, 3.8) is 0 Å². The minimum absolute atomic E-state index is 0.153. The predicted octanol–water partition coefficient (Wildman–Crippen LogP) is 3.73. The lowest BCUT2D eigenvalue weighted by atomic mass is 9.80. The van der Waals surface area contributed by atoms with Crippen molar-refractivity contribution in [2.45, 2.75) is 30.9 Å². The highest BCUT2D eigenvalue weighted by molar-refractivity contribution is 5.92. The van der Waals surface area contributed by atoms with Gasteiger partial charge in [-0.3, -0.25) is 4.79 Å². The zero-order chi connectivity index (χ0) is 21.4. The molecule has 31 heavy (non-hydrogen) atoms. The molecule has 1 saturated heterocycles. The number of para-hydroxylation sites is 1. The Labute approximate surface area is 180 Å². The topological polar surface area (TPSA) is 59.4 Å². The molecule has 1 amide bonds. The second kappa shape index (κ2) is 7.81. The second-order valence-electron chi connectivity index (χ2n) is 8.48. The number of halogens is 1. The smallest absolute Gasteiger partial charge is 0.272 e. The Balaban J connectivity index is 1.38. The van der Waals surface area contributed by atoms with Crippen molar-refractivity contribution in [3.05, 3.63) is 77.9 Å². The second-order valence-corrected chi connectivity index (χ2v) is 8.48. The van der Waals surface area contributed by atoms with E-state index in [1.165, 1.54) is 16.8 Å². The van der Waals surface area contributed by atoms with Gasteiger partial charge in [0.1, 0.15) is 17.2 Å². The summed E-state index contributed by atoms with van der Waals surface area (Å²) in [6.45, 7) is 1.95. The Morgan fingerprint density at radius 3 is 2.77 bits per heavy atom. The molecule has 1 fully saturated rings. The number of carbonyl (C=O) groups is 1. The van der Waals surface area contributed by atoms with E-state index in [9.17, 15) is 9.18 Å². The minimum Gasteiger partial charge on any atom is -0.487 e. The van der Waals surface area contributed by atoms with Crippen LogP contribution in [-0.4, -0.2) is 46.3 Å². The molecule has 0 aliphatic carbocycles. The van der Waals surface area contributed by atoms with Crippen LogP contribution < -0.4 is 10.1 Å². The first-order chi connectivity index (χ1) is 15.0. The Bertz CT molecular complexity index is 1100. The molecule has 6 nitrogen and oxygen atoms in total. The molecular weight excluding hydrogens is 395 g/mol. The third-order valence-corrected chi connectivity index (χ3v) is 6.30. The van der Waals surface area contributed by atoms with Crippen molar-refractivity contribution in [1.29, 1.82) is 0 Å². The Morgan fingerprint density at radius 1 is 1.16 bits per heavy atom. The average Bonchev–Trinajstić information content (AvgIpc) is 3.27. The molecule has 2 aliphatic heterocycles. The van der Waals surface area contributed by atoms with Crippen LogP contribution >= 0.6 is 0 Å². The summed E-state index contributed by atoms with van der Waals surface area (Å²) in [6, 6.07) is 15.5. The van der Waals surface area contributed by atoms with E-state index in [1.54, 1.807) is 24.4 Å². The van der Waals surface area contributed by atoms with Crippen LogP contribution in [0.25, 0.3) is 5.69 Å². The van der Waals surface area contributed by atoms with E-state index >= 15 is 0 Å². The zero-order valence-electron chi connectivity index (χ0n) is 17.4. The van der Waals surface area contributed by atoms with Crippen LogP contribution in [0.1, 0.15) is 41.4 Å². The molecule has 3 aromatic rings. The van der Waals surface area contributed by atoms with Crippen molar-refractivity contribution in [2.75, 3.05) is 20.1 Å². The summed E-state index contributed by atoms with van der Waals surface area (Å²) in [5.41, 5.74) is 1.59. The standard InChI is InChI=1S/C24H25FN4O2/c1-28-13-10-24(11-14-28)16-21(19-7-2-3-8-22(19)31-24)26-23(30)20-9-12-29(27-20)18-6-4-5-17(25)15-18/h2-9,12,15,21H,10-11,13-14,16H2,1H3,(H,26,30)/t21-/m0/s1. The monoisotopic (exact) mass is 420 g/mol. The fourth-order valence-corrected chi connectivity index (χ4v) is 4.52. The summed E-state index contributed by atoms with van der Waals surface area (Å²) in [7, 11) is 2.12. The van der Waals surface area contributed by atoms with E-state index in [0.29, 0.717) is 11.4 Å². The quantitative estimate of drug-likeness (QED) is 0.702. The molecule has 1 spiro atoms. The molecular formula is C24H25FN4O2. The van der Waals surface area contributed by atoms with Crippen LogP contribution in [0, 0.1) is 5.82 Å². The molecule has 1 aromatic heterocycles. The first-order valence-corrected chi connectivity index (χ1v) is 10.6. The first kappa shape index (κ1) is 19.8. The van der Waals surface area contributed by atoms with E-state index < -0.39 is 0 Å². The summed E-state index contributed by atoms with van der Waals surface area (Å²) >= 11 is 0. The number of likely N-dealkylation sites (tertiary alicyclic amines) is 1. The van der Waals surface area contributed by atoms with E-state index in [-0.39, 0.29) is 23.4 Å². The van der Waals surface area contributed by atoms with Gasteiger partial charge in [-0.25, -0.2) is 9.07 Å². The van der Waals surface area contributed by atoms with Crippen LogP contribution in [0.5, 0.6) is 5.75 Å². The van der Waals surface area contributed by atoms with Crippen molar-refractivity contribution in [3.8, 4) is 11.4 Å². The van der Waals surface area contributed by atoms with Gasteiger partial charge in [0.25, 0.3) is 5.91 Å². The highest BCUT2D eigenvalue weighted by Gasteiger charge is 2.43. The lowest BCUT2D eigenvalue weighted by Gasteiger charge is -2.46. The van der Waals surface area contributed by atoms with Crippen molar-refractivity contribution in [1.82, 2.24) is 20.0 Å². The van der Waals surface area contributed by atoms with Crippen LogP contribution in [0.2, 0.25) is 0 Å². The summed E-state index contributed by atoms with van der Waals surface area (Å²) < 4.78 is 21.5. The van der Waals surface area contributed by atoms with Gasteiger partial charge in [-0.05, 0) is 50.2 Å². The number of piperidine rings is 1. The zero-order valence-corrected chi connectivity index (χ0v) is 17.4. The maximum atomic E-state index is 13.5. The summed E-state index contributed by atoms with van der Waals surface area (Å²) in [5.74, 6) is 0.245. The van der Waals surface area contributed by atoms with Crippen LogP contribution in [0.3, 0.4) is 0 Å². The van der Waals surface area contributed by atoms with E-state index in [1.807, 2.05) is 24.3 Å². The van der Waals surface area contributed by atoms with Crippen LogP contribution in [0.4, 0.5) is 4.39 Å². The molecule has 0 saturated carbocycles. The van der Waals surface area contributed by atoms with Gasteiger partial charge in [-0.2, -0.15) is 5.10 Å². The average molecular weight is 420 g/mol. The summed E-state index contributed by atoms with van der Waals surface area (Å²) in [5, 5.41) is 7.52. The van der Waals surface area contributed by atoms with E-state index in [2.05, 4.69) is 22.4 Å². The summed E-state index contributed by atoms with van der Waals surface area (Å²) in [4.78, 5) is 15.4. The third-order valence-electron chi connectivity index (χ3n) is 6.30. The van der Waals surface area contributed by atoms with Gasteiger partial charge < -0.3 is 15.0 Å². The third kappa shape index (κ3) is 3.93. The van der Waals surface area contributed by atoms with Gasteiger partial charge in [-0.15, -0.1) is 0 Å². The minimum atomic E-state index is -0.346. The predicted molar refractivity (Wildman–Crippen MR) is 115 cm³/mol. The lowest BCUT2D eigenvalue weighted by Crippen LogP contribution is -2.51. The van der Waals surface area contributed by atoms with Crippen molar-refractivity contribution >= 4 is 5.91 Å². The number of ether oxygens (including phenoxy) is 1. The molecule has 1 N–H and O–H groups in total. The number of nitrogens with one attached hydrogen (secondary N) is 1. The van der Waals surface area contributed by atoms with Gasteiger partial charge in [0, 0.05) is 31.3 Å². The fourth-order valence-electron chi connectivity index (χ4n) is 4.52. The van der Waals surface area contributed by atoms with E-state index in [4.69, 9.17) is 4.74 Å². The number of aromatic nitrogens is 2. The van der Waals surface area contributed by atoms with Crippen LogP contribution in [-0.2, 0) is 0 Å². The lowest BCUT2D eigenvalue weighted by molar-refractivity contribution is -0.0196. The fraction of sp³-hybridized carbons (Fsp3) is 0.333. The van der Waals surface area contributed by atoms with Gasteiger partial charge in [0.2, 0.25) is 0 Å². The van der Waals surface area contributed by atoms with Crippen molar-refractivity contribution < 1.29 is 13.9 Å². The maximum Gasteiger partial charge on any atom is 0.272 e. The highest BCUT2D eigenvalue weighted by Crippen LogP contribution is 2.44. The normalized spacial score (nSPS) is 20.1. The number of benzene rings is 2. The number of carbonyl (C=O) groups excluding carboxylic acids is 1. The van der Waals surface area contributed by atoms with Gasteiger partial charge >= 0.3 is 0 Å². The molecule has 2 aromatic carbocycles. The molecule has 1 atom stereocenters. The molecule has 5 rings (SSSR count). The van der Waals surface area contributed by atoms with E-state index in [0.717, 1.165) is 43.7 Å². The number of fused-ring (bicyclic) bond motifs is 1. The molecule has 0 bridgehead atoms. The number of rotatable bonds is 3. The number of amides is 1. The summed E-state index contributed by atoms with van der Waals surface area (Å²) in [6.07, 6.45) is 4.26. The molecule has 0 unspecified atom stereocenters. The first-order valence-electron chi connectivity index (χ1n) is 10.6. The Hall–Kier alpha value is -3.19. The van der Waals surface area contributed by atoms with Gasteiger partial charge in [-0.1, -0.05) is 24.3 Å². The molecule has 7 heteroatoms. The Kier molecular flexibility index (Phi) is 4.98. The SMILES string of the molecule is CN1CCC2(CC1)C[C@H](NC(=O)c1ccn(-c3cccc(F)c3)n1)c1ccccc1O2. The van der Waals surface area contributed by atoms with Gasteiger partial charge in [0.15, 0.2) is 5.69 Å². The number of nitrogens with zero attached hydrogens (tertiary/aromatic N) is 3. The van der Waals surface area contributed by atoms with Crippen molar-refractivity contribution in [2.24, 2.45) is 0 Å². The van der Waals surface area contributed by atoms with Gasteiger partial charge in [0.05, 0.1) is 11.7 Å².